The number of allylic oxidation sites excluding steroid dienone is 1. The van der Waals surface area contributed by atoms with Crippen molar-refractivity contribution in [1.82, 2.24) is 9.13 Å². The van der Waals surface area contributed by atoms with Crippen LogP contribution < -0.4 is 5.62 Å². The van der Waals surface area contributed by atoms with E-state index < -0.39 is 0 Å². The average molecular weight is 277 g/mol. The van der Waals surface area contributed by atoms with Crippen molar-refractivity contribution in [3.8, 4) is 0 Å². The third-order valence-electron chi connectivity index (χ3n) is 3.45. The van der Waals surface area contributed by atoms with Crippen LogP contribution >= 0.6 is 0 Å². The fraction of sp³-hybridized carbons (Fsp3) is 0.0588. The first-order valence-corrected chi connectivity index (χ1v) is 6.67. The Morgan fingerprint density at radius 2 is 1.62 bits per heavy atom. The lowest BCUT2D eigenvalue weighted by Crippen LogP contribution is -2.26. The first kappa shape index (κ1) is 13.1. The number of nitrogens with zero attached hydrogens (tertiary/aromatic N) is 2. The van der Waals surface area contributed by atoms with Crippen molar-refractivity contribution in [2.24, 2.45) is 7.05 Å². The number of nitrogens with one attached hydrogen (secondary N) is 1. The molecule has 4 nitrogen and oxygen atoms in total. The number of hydrogen-bond acceptors (Lipinski definition) is 2. The summed E-state index contributed by atoms with van der Waals surface area (Å²) >= 11 is 0. The highest BCUT2D eigenvalue weighted by atomic mass is 16.2. The molecule has 1 N–H and O–H groups in total. The Bertz CT molecular complexity index is 885. The zero-order valence-electron chi connectivity index (χ0n) is 11.7. The molecule has 104 valence electrons. The van der Waals surface area contributed by atoms with Crippen LogP contribution in [0.2, 0.25) is 0 Å². The molecule has 0 aliphatic rings. The quantitative estimate of drug-likeness (QED) is 0.719. The second-order valence-corrected chi connectivity index (χ2v) is 4.79. The second kappa shape index (κ2) is 5.25. The maximum atomic E-state index is 12.4. The van der Waals surface area contributed by atoms with Gasteiger partial charge in [0, 0.05) is 13.1 Å². The summed E-state index contributed by atoms with van der Waals surface area (Å²) in [5, 5.41) is 8.11. The van der Waals surface area contributed by atoms with E-state index in [1.165, 1.54) is 10.6 Å². The molecule has 0 aliphatic heterocycles. The van der Waals surface area contributed by atoms with Crippen molar-refractivity contribution in [3.63, 3.8) is 0 Å². The highest BCUT2D eigenvalue weighted by Crippen LogP contribution is 2.11. The molecular formula is C17H15N3O. The third kappa shape index (κ3) is 2.31. The summed E-state index contributed by atoms with van der Waals surface area (Å²) < 4.78 is 3.11. The van der Waals surface area contributed by atoms with Crippen LogP contribution in [0.4, 0.5) is 0 Å². The fourth-order valence-electron chi connectivity index (χ4n) is 2.34. The molecule has 0 saturated heterocycles. The first-order valence-electron chi connectivity index (χ1n) is 6.67. The number of carbonyl (C=O) groups excluding carboxylic acids is 1. The number of benzene rings is 2. The average Bonchev–Trinajstić information content (AvgIpc) is 2.78. The molecule has 0 saturated carbocycles. The Balaban J connectivity index is 2.05. The first-order chi connectivity index (χ1) is 10.2. The number of hydrogen-bond donors (Lipinski definition) is 1. The Morgan fingerprint density at radius 1 is 1.00 bits per heavy atom. The molecule has 3 aromatic rings. The number of aryl methyl sites for hydroxylation is 1. The summed E-state index contributed by atoms with van der Waals surface area (Å²) in [7, 11) is 1.79. The van der Waals surface area contributed by atoms with Crippen molar-refractivity contribution >= 4 is 23.0 Å². The van der Waals surface area contributed by atoms with Gasteiger partial charge < -0.3 is 4.57 Å². The van der Waals surface area contributed by atoms with Crippen LogP contribution in [-0.4, -0.2) is 15.0 Å². The van der Waals surface area contributed by atoms with Crippen LogP contribution in [0.5, 0.6) is 0 Å². The van der Waals surface area contributed by atoms with Crippen LogP contribution in [0.25, 0.3) is 17.1 Å². The number of fused-ring (bicyclic) bond motifs is 1. The van der Waals surface area contributed by atoms with Gasteiger partial charge in [-0.05, 0) is 23.8 Å². The predicted octanol–water partition coefficient (Wildman–Crippen LogP) is 2.81. The number of para-hydroxylation sites is 2. The minimum atomic E-state index is -0.222. The lowest BCUT2D eigenvalue weighted by Gasteiger charge is -1.98. The Hall–Kier alpha value is -2.88. The van der Waals surface area contributed by atoms with E-state index in [4.69, 9.17) is 5.41 Å². The van der Waals surface area contributed by atoms with Crippen molar-refractivity contribution in [2.75, 3.05) is 0 Å². The molecule has 1 aromatic heterocycles. The molecule has 0 atom stereocenters. The highest BCUT2D eigenvalue weighted by molar-refractivity contribution is 5.99. The lowest BCUT2D eigenvalue weighted by atomic mass is 10.2. The summed E-state index contributed by atoms with van der Waals surface area (Å²) in [6.45, 7) is 0. The van der Waals surface area contributed by atoms with Crippen LogP contribution in [0.3, 0.4) is 0 Å². The minimum Gasteiger partial charge on any atom is -0.313 e. The summed E-state index contributed by atoms with van der Waals surface area (Å²) in [4.78, 5) is 12.4. The number of carbonyl (C=O) groups is 1. The zero-order valence-corrected chi connectivity index (χ0v) is 11.7. The van der Waals surface area contributed by atoms with E-state index >= 15 is 0 Å². The molecule has 0 spiro atoms. The lowest BCUT2D eigenvalue weighted by molar-refractivity contribution is 0.0968. The molecule has 4 heteroatoms. The van der Waals surface area contributed by atoms with Gasteiger partial charge in [-0.15, -0.1) is 0 Å². The van der Waals surface area contributed by atoms with Gasteiger partial charge in [0.05, 0.1) is 11.0 Å². The summed E-state index contributed by atoms with van der Waals surface area (Å²) in [5.74, 6) is -0.222. The normalized spacial score (nSPS) is 11.3. The van der Waals surface area contributed by atoms with Gasteiger partial charge in [0.1, 0.15) is 0 Å². The van der Waals surface area contributed by atoms with Crippen LogP contribution in [0.1, 0.15) is 10.4 Å². The van der Waals surface area contributed by atoms with Gasteiger partial charge in [0.15, 0.2) is 0 Å². The molecule has 3 rings (SSSR count). The van der Waals surface area contributed by atoms with E-state index in [1.54, 1.807) is 17.7 Å². The molecule has 0 bridgehead atoms. The molecule has 0 aliphatic carbocycles. The van der Waals surface area contributed by atoms with Crippen LogP contribution in [0.15, 0.2) is 60.7 Å². The van der Waals surface area contributed by atoms with Crippen LogP contribution in [0, 0.1) is 5.41 Å². The standard InChI is InChI=1S/C17H15N3O/c1-19-14-9-5-6-10-15(14)20(17(19)18)16(21)12-11-13-7-3-2-4-8-13/h2-12,18H,1H3. The van der Waals surface area contributed by atoms with Gasteiger partial charge in [-0.1, -0.05) is 42.5 Å². The molecule has 0 unspecified atom stereocenters. The van der Waals surface area contributed by atoms with Gasteiger partial charge in [-0.25, -0.2) is 4.57 Å². The zero-order chi connectivity index (χ0) is 14.8. The van der Waals surface area contributed by atoms with Crippen LogP contribution in [-0.2, 0) is 7.05 Å². The Labute approximate surface area is 122 Å². The van der Waals surface area contributed by atoms with E-state index in [2.05, 4.69) is 0 Å². The Kier molecular flexibility index (Phi) is 3.28. The summed E-state index contributed by atoms with van der Waals surface area (Å²) in [6.07, 6.45) is 3.26. The van der Waals surface area contributed by atoms with Gasteiger partial charge in [-0.2, -0.15) is 0 Å². The molecular weight excluding hydrogens is 262 g/mol. The molecule has 0 fully saturated rings. The van der Waals surface area contributed by atoms with Crippen molar-refractivity contribution in [1.29, 1.82) is 5.41 Å². The number of rotatable bonds is 2. The smallest absolute Gasteiger partial charge is 0.257 e. The summed E-state index contributed by atoms with van der Waals surface area (Å²) in [6, 6.07) is 17.2. The topological polar surface area (TPSA) is 50.8 Å². The Morgan fingerprint density at radius 3 is 2.33 bits per heavy atom. The fourth-order valence-corrected chi connectivity index (χ4v) is 2.34. The van der Waals surface area contributed by atoms with Gasteiger partial charge in [0.25, 0.3) is 5.91 Å². The highest BCUT2D eigenvalue weighted by Gasteiger charge is 2.11. The van der Waals surface area contributed by atoms with Gasteiger partial charge >= 0.3 is 0 Å². The largest absolute Gasteiger partial charge is 0.313 e. The van der Waals surface area contributed by atoms with E-state index in [0.717, 1.165) is 16.6 Å². The molecule has 0 amide bonds. The third-order valence-corrected chi connectivity index (χ3v) is 3.45. The molecule has 21 heavy (non-hydrogen) atoms. The maximum absolute atomic E-state index is 12.4. The SMILES string of the molecule is Cn1c(=N)n(C(=O)C=Cc2ccccc2)c2ccccc21. The minimum absolute atomic E-state index is 0.166. The molecule has 2 aromatic carbocycles. The molecule has 1 heterocycles. The predicted molar refractivity (Wildman–Crippen MR) is 82.9 cm³/mol. The monoisotopic (exact) mass is 277 g/mol. The number of aromatic nitrogens is 2. The van der Waals surface area contributed by atoms with Crippen molar-refractivity contribution in [3.05, 3.63) is 71.9 Å². The van der Waals surface area contributed by atoms with E-state index in [1.807, 2.05) is 54.6 Å². The van der Waals surface area contributed by atoms with E-state index in [-0.39, 0.29) is 11.5 Å². The molecule has 0 radical (unpaired) electrons. The number of imidazole rings is 1. The van der Waals surface area contributed by atoms with Gasteiger partial charge in [-0.3, -0.25) is 10.2 Å². The summed E-state index contributed by atoms with van der Waals surface area (Å²) in [5.41, 5.74) is 2.73. The van der Waals surface area contributed by atoms with Crippen molar-refractivity contribution < 1.29 is 4.79 Å². The van der Waals surface area contributed by atoms with Gasteiger partial charge in [0.2, 0.25) is 5.62 Å². The van der Waals surface area contributed by atoms with Crippen molar-refractivity contribution in [2.45, 2.75) is 0 Å². The van der Waals surface area contributed by atoms with E-state index in [9.17, 15) is 4.79 Å². The van der Waals surface area contributed by atoms with E-state index in [0.29, 0.717) is 0 Å². The second-order valence-electron chi connectivity index (χ2n) is 4.79. The maximum Gasteiger partial charge on any atom is 0.257 e.